The van der Waals surface area contributed by atoms with E-state index in [9.17, 15) is 0 Å². The van der Waals surface area contributed by atoms with E-state index in [1.54, 1.807) is 3.64 Å². The van der Waals surface area contributed by atoms with Gasteiger partial charge in [0.2, 0.25) is 0 Å². The normalized spacial score (nSPS) is 9.83. The molecule has 0 unspecified atom stereocenters. The van der Waals surface area contributed by atoms with Crippen LogP contribution in [0.4, 0.5) is 0 Å². The van der Waals surface area contributed by atoms with Crippen molar-refractivity contribution in [2.45, 2.75) is 0 Å². The first kappa shape index (κ1) is 6.65. The summed E-state index contributed by atoms with van der Waals surface area (Å²) in [6, 6.07) is 0. The molecule has 0 aliphatic heterocycles. The summed E-state index contributed by atoms with van der Waals surface area (Å²) < 4.78 is 1.71. The van der Waals surface area contributed by atoms with Gasteiger partial charge < -0.3 is 0 Å². The Bertz CT molecular complexity index is 53.5. The van der Waals surface area contributed by atoms with E-state index in [0.29, 0.717) is 0 Å². The van der Waals surface area contributed by atoms with E-state index in [1.807, 2.05) is 0 Å². The molecule has 0 atom stereocenters. The first-order chi connectivity index (χ1) is 2.77. The molecule has 0 saturated heterocycles. The van der Waals surface area contributed by atoms with Crippen molar-refractivity contribution >= 4 is 32.9 Å². The summed E-state index contributed by atoms with van der Waals surface area (Å²) in [5.41, 5.74) is 0. The van der Waals surface area contributed by atoms with E-state index in [4.69, 9.17) is 10.0 Å². The van der Waals surface area contributed by atoms with Crippen molar-refractivity contribution in [3.05, 3.63) is 9.61 Å². The third-order valence-electron chi connectivity index (χ3n) is 0.268. The molecule has 0 aliphatic carbocycles. The summed E-state index contributed by atoms with van der Waals surface area (Å²) in [6.45, 7) is 0. The molecule has 0 aromatic rings. The van der Waals surface area contributed by atoms with E-state index in [-0.39, 0.29) is 0 Å². The minimum atomic E-state index is -1.25. The van der Waals surface area contributed by atoms with Crippen molar-refractivity contribution in [1.82, 2.24) is 0 Å². The van der Waals surface area contributed by atoms with Crippen LogP contribution in [0.2, 0.25) is 0 Å². The summed E-state index contributed by atoms with van der Waals surface area (Å²) >= 11 is 0.886. The quantitative estimate of drug-likeness (QED) is 0.584. The van der Waals surface area contributed by atoms with Crippen molar-refractivity contribution < 1.29 is 10.0 Å². The zero-order valence-corrected chi connectivity index (χ0v) is 7.01. The third-order valence-corrected chi connectivity index (χ3v) is 1.02. The van der Waals surface area contributed by atoms with Crippen molar-refractivity contribution in [1.29, 1.82) is 0 Å². The molecular formula is C2H4BO2Pb. The van der Waals surface area contributed by atoms with Crippen molar-refractivity contribution in [3.63, 3.8) is 0 Å². The van der Waals surface area contributed by atoms with Gasteiger partial charge in [0.15, 0.2) is 0 Å². The van der Waals surface area contributed by atoms with E-state index in [2.05, 4.69) is 0 Å². The molecular weight excluding hydrogens is 274 g/mol. The number of rotatable bonds is 1. The summed E-state index contributed by atoms with van der Waals surface area (Å²) in [7, 11) is -1.25. The monoisotopic (exact) mass is 279 g/mol. The van der Waals surface area contributed by atoms with Crippen LogP contribution in [0.5, 0.6) is 0 Å². The standard InChI is InChI=1S/C2H4BO2.Pb/c1-2-3(4)5;/h1-2,4-5H;. The molecule has 0 amide bonds. The molecule has 0 rings (SSSR count). The Labute approximate surface area is 52.7 Å². The molecule has 6 heavy (non-hydrogen) atoms. The van der Waals surface area contributed by atoms with E-state index in [1.165, 1.54) is 5.98 Å². The van der Waals surface area contributed by atoms with Crippen LogP contribution >= 0.6 is 0 Å². The third kappa shape index (κ3) is 4.65. The maximum absolute atomic E-state index is 8.04. The number of hydrogen-bond acceptors (Lipinski definition) is 2. The van der Waals surface area contributed by atoms with Crippen molar-refractivity contribution in [2.75, 3.05) is 0 Å². The van der Waals surface area contributed by atoms with Gasteiger partial charge in [0.1, 0.15) is 0 Å². The van der Waals surface area contributed by atoms with Crippen molar-refractivity contribution in [2.24, 2.45) is 0 Å². The molecule has 0 heterocycles. The van der Waals surface area contributed by atoms with Gasteiger partial charge in [0.05, 0.1) is 0 Å². The molecule has 31 valence electrons. The zero-order valence-electron chi connectivity index (χ0n) is 3.13. The Morgan fingerprint density at radius 3 is 2.00 bits per heavy atom. The molecule has 0 bridgehead atoms. The average molecular weight is 278 g/mol. The van der Waals surface area contributed by atoms with Gasteiger partial charge in [0, 0.05) is 0 Å². The molecule has 4 heteroatoms. The second-order valence-electron chi connectivity index (χ2n) is 0.773. The van der Waals surface area contributed by atoms with Crippen LogP contribution in [0.3, 0.4) is 0 Å². The Balaban J connectivity index is 3.03. The molecule has 3 radical (unpaired) electrons. The van der Waals surface area contributed by atoms with Crippen molar-refractivity contribution in [3.8, 4) is 0 Å². The predicted molar refractivity (Wildman–Crippen MR) is 25.1 cm³/mol. The second kappa shape index (κ2) is 3.82. The van der Waals surface area contributed by atoms with Gasteiger partial charge in [-0.3, -0.25) is 0 Å². The minimum absolute atomic E-state index is 0.886. The Hall–Kier alpha value is 0.647. The van der Waals surface area contributed by atoms with E-state index < -0.39 is 7.12 Å². The van der Waals surface area contributed by atoms with Crippen LogP contribution in [0.15, 0.2) is 9.61 Å². The van der Waals surface area contributed by atoms with Gasteiger partial charge >= 0.3 is 52.5 Å². The fourth-order valence-corrected chi connectivity index (χ4v) is 0.755. The second-order valence-corrected chi connectivity index (χ2v) is 2.07. The number of hydrogen-bond donors (Lipinski definition) is 2. The van der Waals surface area contributed by atoms with Crippen LogP contribution in [0, 0.1) is 0 Å². The summed E-state index contributed by atoms with van der Waals surface area (Å²) in [5.74, 6) is 1.34. The van der Waals surface area contributed by atoms with Gasteiger partial charge in [-0.25, -0.2) is 0 Å². The molecule has 2 N–H and O–H groups in total. The SMILES string of the molecule is OB(O)/C=[CH]/[Pb]. The van der Waals surface area contributed by atoms with Crippen LogP contribution in [0.25, 0.3) is 0 Å². The van der Waals surface area contributed by atoms with Gasteiger partial charge in [0.25, 0.3) is 0 Å². The average Bonchev–Trinajstić information content (AvgIpc) is 1.35. The summed E-state index contributed by atoms with van der Waals surface area (Å²) in [6.07, 6.45) is 0. The fourth-order valence-electron chi connectivity index (χ4n) is 0.0861. The summed E-state index contributed by atoms with van der Waals surface area (Å²) in [4.78, 5) is 0. The predicted octanol–water partition coefficient (Wildman–Crippen LogP) is -1.32. The molecule has 0 spiro atoms. The van der Waals surface area contributed by atoms with E-state index >= 15 is 0 Å². The van der Waals surface area contributed by atoms with E-state index in [0.717, 1.165) is 25.8 Å². The van der Waals surface area contributed by atoms with Crippen LogP contribution in [-0.4, -0.2) is 42.9 Å². The van der Waals surface area contributed by atoms with Crippen LogP contribution < -0.4 is 0 Å². The van der Waals surface area contributed by atoms with Crippen LogP contribution in [0.1, 0.15) is 0 Å². The molecule has 0 aromatic heterocycles. The van der Waals surface area contributed by atoms with Crippen LogP contribution in [-0.2, 0) is 0 Å². The first-order valence-electron chi connectivity index (χ1n) is 1.47. The first-order valence-corrected chi connectivity index (χ1v) is 3.72. The molecule has 0 fully saturated rings. The fraction of sp³-hybridized carbons (Fsp3) is 0. The zero-order chi connectivity index (χ0) is 4.99. The molecule has 0 aromatic carbocycles. The van der Waals surface area contributed by atoms with Gasteiger partial charge in [-0.05, 0) is 0 Å². The maximum atomic E-state index is 8.04. The summed E-state index contributed by atoms with van der Waals surface area (Å²) in [5, 5.41) is 16.1. The Kier molecular flexibility index (Phi) is 4.24. The Morgan fingerprint density at radius 2 is 2.00 bits per heavy atom. The molecule has 2 nitrogen and oxygen atoms in total. The van der Waals surface area contributed by atoms with Gasteiger partial charge in [-0.1, -0.05) is 0 Å². The molecule has 0 saturated carbocycles. The topological polar surface area (TPSA) is 40.5 Å². The Morgan fingerprint density at radius 1 is 1.50 bits per heavy atom. The van der Waals surface area contributed by atoms with Gasteiger partial charge in [-0.2, -0.15) is 0 Å². The molecule has 0 aliphatic rings. The van der Waals surface area contributed by atoms with Gasteiger partial charge in [-0.15, -0.1) is 0 Å².